The number of H-pyrrole nitrogens is 1. The molecule has 0 saturated heterocycles. The quantitative estimate of drug-likeness (QED) is 0.616. The fourth-order valence-electron chi connectivity index (χ4n) is 1.03. The van der Waals surface area contributed by atoms with Crippen molar-refractivity contribution in [2.24, 2.45) is 0 Å². The van der Waals surface area contributed by atoms with Crippen molar-refractivity contribution in [3.63, 3.8) is 0 Å². The summed E-state index contributed by atoms with van der Waals surface area (Å²) in [6, 6.07) is 1.72. The molecule has 0 aliphatic heterocycles. The summed E-state index contributed by atoms with van der Waals surface area (Å²) in [5.74, 6) is 0. The molecule has 0 fully saturated rings. The molecular formula is C8H7N3O. The first-order valence-corrected chi connectivity index (χ1v) is 3.58. The Bertz CT molecular complexity index is 475. The molecule has 0 atom stereocenters. The first-order valence-electron chi connectivity index (χ1n) is 3.58. The van der Waals surface area contributed by atoms with Gasteiger partial charge in [0.15, 0.2) is 5.65 Å². The average molecular weight is 161 g/mol. The molecule has 4 nitrogen and oxygen atoms in total. The van der Waals surface area contributed by atoms with Crippen molar-refractivity contribution in [1.82, 2.24) is 15.0 Å². The van der Waals surface area contributed by atoms with E-state index in [9.17, 15) is 4.79 Å². The zero-order valence-corrected chi connectivity index (χ0v) is 6.53. The number of aromatic nitrogens is 3. The molecule has 0 aliphatic rings. The molecule has 1 N–H and O–H groups in total. The number of rotatable bonds is 0. The predicted octanol–water partition coefficient (Wildman–Crippen LogP) is 0.627. The molecule has 2 heterocycles. The SMILES string of the molecule is Cc1cc2nccnc2[nH]c1=O. The van der Waals surface area contributed by atoms with Crippen LogP contribution >= 0.6 is 0 Å². The largest absolute Gasteiger partial charge is 0.305 e. The minimum Gasteiger partial charge on any atom is -0.305 e. The van der Waals surface area contributed by atoms with Gasteiger partial charge in [-0.2, -0.15) is 0 Å². The predicted molar refractivity (Wildman–Crippen MR) is 44.9 cm³/mol. The van der Waals surface area contributed by atoms with Gasteiger partial charge >= 0.3 is 0 Å². The minimum atomic E-state index is -0.108. The lowest BCUT2D eigenvalue weighted by molar-refractivity contribution is 1.16. The van der Waals surface area contributed by atoms with E-state index < -0.39 is 0 Å². The van der Waals surface area contributed by atoms with Crippen molar-refractivity contribution >= 4 is 11.2 Å². The van der Waals surface area contributed by atoms with Crippen LogP contribution in [-0.4, -0.2) is 15.0 Å². The van der Waals surface area contributed by atoms with Gasteiger partial charge in [-0.25, -0.2) is 4.98 Å². The van der Waals surface area contributed by atoms with E-state index in [-0.39, 0.29) is 5.56 Å². The van der Waals surface area contributed by atoms with Crippen molar-refractivity contribution in [1.29, 1.82) is 0 Å². The maximum Gasteiger partial charge on any atom is 0.252 e. The number of aromatic amines is 1. The third-order valence-electron chi connectivity index (χ3n) is 1.67. The molecule has 4 heteroatoms. The Labute approximate surface area is 68.3 Å². The molecule has 2 aromatic heterocycles. The van der Waals surface area contributed by atoms with Gasteiger partial charge in [0, 0.05) is 18.0 Å². The average Bonchev–Trinajstić information content (AvgIpc) is 2.07. The van der Waals surface area contributed by atoms with E-state index >= 15 is 0 Å². The zero-order valence-electron chi connectivity index (χ0n) is 6.53. The molecule has 0 spiro atoms. The summed E-state index contributed by atoms with van der Waals surface area (Å²) in [6.45, 7) is 1.74. The Hall–Kier alpha value is -1.71. The van der Waals surface area contributed by atoms with Crippen LogP contribution in [0, 0.1) is 6.92 Å². The fourth-order valence-corrected chi connectivity index (χ4v) is 1.03. The standard InChI is InChI=1S/C8H7N3O/c1-5-4-6-7(11-8(5)12)10-3-2-9-6/h2-4H,1H3,(H,10,11,12). The van der Waals surface area contributed by atoms with Crippen LogP contribution in [0.5, 0.6) is 0 Å². The highest BCUT2D eigenvalue weighted by Crippen LogP contribution is 2.01. The molecule has 0 amide bonds. The van der Waals surface area contributed by atoms with Crippen molar-refractivity contribution in [2.45, 2.75) is 6.92 Å². The molecule has 60 valence electrons. The second-order valence-corrected chi connectivity index (χ2v) is 2.57. The molecule has 0 saturated carbocycles. The normalized spacial score (nSPS) is 10.4. The van der Waals surface area contributed by atoms with Crippen LogP contribution in [0.1, 0.15) is 5.56 Å². The van der Waals surface area contributed by atoms with Gasteiger partial charge in [0.25, 0.3) is 5.56 Å². The molecule has 0 bridgehead atoms. The Morgan fingerprint density at radius 1 is 1.33 bits per heavy atom. The summed E-state index contributed by atoms with van der Waals surface area (Å²) < 4.78 is 0. The number of nitrogens with one attached hydrogen (secondary N) is 1. The second-order valence-electron chi connectivity index (χ2n) is 2.57. The van der Waals surface area contributed by atoms with Gasteiger partial charge in [0.05, 0.1) is 0 Å². The summed E-state index contributed by atoms with van der Waals surface area (Å²) in [5.41, 5.74) is 1.80. The van der Waals surface area contributed by atoms with Crippen LogP contribution in [0.3, 0.4) is 0 Å². The highest BCUT2D eigenvalue weighted by Gasteiger charge is 1.97. The van der Waals surface area contributed by atoms with Gasteiger partial charge in [0.2, 0.25) is 0 Å². The van der Waals surface area contributed by atoms with Crippen molar-refractivity contribution < 1.29 is 0 Å². The molecule has 0 unspecified atom stereocenters. The van der Waals surface area contributed by atoms with E-state index in [0.717, 1.165) is 5.52 Å². The lowest BCUT2D eigenvalue weighted by Gasteiger charge is -1.95. The zero-order chi connectivity index (χ0) is 8.55. The van der Waals surface area contributed by atoms with Crippen molar-refractivity contribution in [3.05, 3.63) is 34.4 Å². The van der Waals surface area contributed by atoms with Gasteiger partial charge in [-0.3, -0.25) is 9.78 Å². The van der Waals surface area contributed by atoms with Gasteiger partial charge in [-0.05, 0) is 13.0 Å². The van der Waals surface area contributed by atoms with E-state index in [0.29, 0.717) is 11.2 Å². The van der Waals surface area contributed by atoms with E-state index in [1.807, 2.05) is 0 Å². The fraction of sp³-hybridized carbons (Fsp3) is 0.125. The monoisotopic (exact) mass is 161 g/mol. The Morgan fingerprint density at radius 2 is 2.08 bits per heavy atom. The van der Waals surface area contributed by atoms with Gasteiger partial charge in [-0.1, -0.05) is 0 Å². The number of fused-ring (bicyclic) bond motifs is 1. The second kappa shape index (κ2) is 2.41. The lowest BCUT2D eigenvalue weighted by atomic mass is 10.3. The highest BCUT2D eigenvalue weighted by molar-refractivity contribution is 5.69. The van der Waals surface area contributed by atoms with E-state index in [1.54, 1.807) is 25.4 Å². The summed E-state index contributed by atoms with van der Waals surface area (Å²) in [4.78, 5) is 21.8. The molecule has 12 heavy (non-hydrogen) atoms. The summed E-state index contributed by atoms with van der Waals surface area (Å²) >= 11 is 0. The third kappa shape index (κ3) is 0.972. The van der Waals surface area contributed by atoms with Gasteiger partial charge in [-0.15, -0.1) is 0 Å². The molecule has 0 aliphatic carbocycles. The Kier molecular flexibility index (Phi) is 1.40. The molecule has 2 rings (SSSR count). The van der Waals surface area contributed by atoms with Gasteiger partial charge < -0.3 is 4.98 Å². The maximum atomic E-state index is 11.1. The molecule has 0 radical (unpaired) electrons. The van der Waals surface area contributed by atoms with Crippen LogP contribution in [-0.2, 0) is 0 Å². The summed E-state index contributed by atoms with van der Waals surface area (Å²) in [7, 11) is 0. The number of hydrogen-bond donors (Lipinski definition) is 1. The number of pyridine rings is 1. The molecular weight excluding hydrogens is 154 g/mol. The third-order valence-corrected chi connectivity index (χ3v) is 1.67. The van der Waals surface area contributed by atoms with Gasteiger partial charge in [0.1, 0.15) is 5.52 Å². The van der Waals surface area contributed by atoms with Crippen LogP contribution in [0.4, 0.5) is 0 Å². The molecule has 2 aromatic rings. The van der Waals surface area contributed by atoms with E-state index in [1.165, 1.54) is 0 Å². The first kappa shape index (κ1) is 6.97. The van der Waals surface area contributed by atoms with Crippen molar-refractivity contribution in [2.75, 3.05) is 0 Å². The highest BCUT2D eigenvalue weighted by atomic mass is 16.1. The topological polar surface area (TPSA) is 58.6 Å². The number of aryl methyl sites for hydroxylation is 1. The number of hydrogen-bond acceptors (Lipinski definition) is 3. The Balaban J connectivity index is 2.93. The first-order chi connectivity index (χ1) is 5.77. The minimum absolute atomic E-state index is 0.108. The lowest BCUT2D eigenvalue weighted by Crippen LogP contribution is -2.09. The number of nitrogens with zero attached hydrogens (tertiary/aromatic N) is 2. The Morgan fingerprint density at radius 3 is 2.92 bits per heavy atom. The smallest absolute Gasteiger partial charge is 0.252 e. The van der Waals surface area contributed by atoms with Crippen LogP contribution < -0.4 is 5.56 Å². The molecule has 0 aromatic carbocycles. The van der Waals surface area contributed by atoms with Crippen molar-refractivity contribution in [3.8, 4) is 0 Å². The van der Waals surface area contributed by atoms with Crippen LogP contribution in [0.15, 0.2) is 23.3 Å². The maximum absolute atomic E-state index is 11.1. The summed E-state index contributed by atoms with van der Waals surface area (Å²) in [5, 5.41) is 0. The van der Waals surface area contributed by atoms with Crippen LogP contribution in [0.2, 0.25) is 0 Å². The van der Waals surface area contributed by atoms with E-state index in [4.69, 9.17) is 0 Å². The van der Waals surface area contributed by atoms with Crippen LogP contribution in [0.25, 0.3) is 11.2 Å². The summed E-state index contributed by atoms with van der Waals surface area (Å²) in [6.07, 6.45) is 3.15. The van der Waals surface area contributed by atoms with E-state index in [2.05, 4.69) is 15.0 Å².